The number of nitrogens with one attached hydrogen (secondary N) is 1. The van der Waals surface area contributed by atoms with E-state index < -0.39 is 11.9 Å². The Labute approximate surface area is 251 Å². The summed E-state index contributed by atoms with van der Waals surface area (Å²) in [6.45, 7) is 3.95. The van der Waals surface area contributed by atoms with E-state index in [9.17, 15) is 19.6 Å². The molecule has 2 aliphatic rings. The van der Waals surface area contributed by atoms with Crippen LogP contribution in [-0.2, 0) is 14.3 Å². The number of esters is 1. The molecule has 5 rings (SSSR count). The topological polar surface area (TPSA) is 151 Å². The van der Waals surface area contributed by atoms with Crippen molar-refractivity contribution in [1.29, 1.82) is 5.26 Å². The van der Waals surface area contributed by atoms with Gasteiger partial charge in [-0.05, 0) is 61.6 Å². The lowest BCUT2D eigenvalue weighted by Gasteiger charge is -2.38. The standard InChI is InChI=1S/C30H28N6O4S2/c1-16-6-4-7-21(17(16)2)33-24(38)15-41-30-35-34-29(42-30)36-22-8-5-9-23(37)26(22)25(20(14-31)27(36)32)18-10-12-19(13-11-18)28(39)40-3/h4,6-7,10-13,25H,5,8-9,15,32H2,1-3H3,(H,33,38). The number of hydrogen-bond donors (Lipinski definition) is 2. The molecule has 0 saturated carbocycles. The summed E-state index contributed by atoms with van der Waals surface area (Å²) in [5.74, 6) is -1.07. The molecule has 0 radical (unpaired) electrons. The van der Waals surface area contributed by atoms with Gasteiger partial charge in [-0.1, -0.05) is 47.4 Å². The molecule has 10 nitrogen and oxygen atoms in total. The van der Waals surface area contributed by atoms with Crippen LogP contribution in [0.1, 0.15) is 52.2 Å². The zero-order valence-electron chi connectivity index (χ0n) is 23.3. The Kier molecular flexibility index (Phi) is 8.42. The number of ketones is 1. The zero-order chi connectivity index (χ0) is 30.0. The van der Waals surface area contributed by atoms with Crippen molar-refractivity contribution in [3.05, 3.63) is 87.4 Å². The highest BCUT2D eigenvalue weighted by Crippen LogP contribution is 2.47. The van der Waals surface area contributed by atoms with E-state index in [2.05, 4.69) is 21.6 Å². The van der Waals surface area contributed by atoms with E-state index in [1.165, 1.54) is 30.2 Å². The number of rotatable bonds is 7. The summed E-state index contributed by atoms with van der Waals surface area (Å²) in [6, 6.07) is 14.6. The van der Waals surface area contributed by atoms with Gasteiger partial charge >= 0.3 is 5.97 Å². The number of ether oxygens (including phenoxy) is 1. The molecular formula is C30H28N6O4S2. The lowest BCUT2D eigenvalue weighted by molar-refractivity contribution is -0.116. The van der Waals surface area contributed by atoms with Crippen molar-refractivity contribution in [2.24, 2.45) is 5.73 Å². The molecule has 0 spiro atoms. The SMILES string of the molecule is COC(=O)c1ccc(C2C(C#N)=C(N)N(c3nnc(SCC(=O)Nc4cccc(C)c4C)s3)C3=C2C(=O)CCC3)cc1. The third-order valence-corrected chi connectivity index (χ3v) is 9.41. The number of anilines is 2. The normalized spacial score (nSPS) is 16.7. The van der Waals surface area contributed by atoms with Gasteiger partial charge in [0.25, 0.3) is 0 Å². The van der Waals surface area contributed by atoms with Crippen molar-refractivity contribution in [2.75, 3.05) is 23.1 Å². The molecule has 1 amide bonds. The number of allylic oxidation sites excluding steroid dienone is 3. The van der Waals surface area contributed by atoms with Crippen LogP contribution in [0.5, 0.6) is 0 Å². The van der Waals surface area contributed by atoms with Crippen LogP contribution in [0.4, 0.5) is 10.8 Å². The van der Waals surface area contributed by atoms with Crippen molar-refractivity contribution in [3.63, 3.8) is 0 Å². The fourth-order valence-corrected chi connectivity index (χ4v) is 6.80. The number of carbonyl (C=O) groups excluding carboxylic acids is 3. The van der Waals surface area contributed by atoms with Crippen molar-refractivity contribution in [2.45, 2.75) is 43.4 Å². The lowest BCUT2D eigenvalue weighted by atomic mass is 9.75. The summed E-state index contributed by atoms with van der Waals surface area (Å²) in [4.78, 5) is 39.6. The average Bonchev–Trinajstić information content (AvgIpc) is 3.46. The van der Waals surface area contributed by atoms with Gasteiger partial charge in [-0.3, -0.25) is 14.5 Å². The summed E-state index contributed by atoms with van der Waals surface area (Å²) in [5, 5.41) is 22.2. The number of Topliss-reactive ketones (excluding diaryl/α,β-unsaturated/α-hetero) is 1. The summed E-state index contributed by atoms with van der Waals surface area (Å²) >= 11 is 2.48. The first kappa shape index (κ1) is 29.0. The Bertz CT molecular complexity index is 1690. The van der Waals surface area contributed by atoms with E-state index in [1.807, 2.05) is 32.0 Å². The van der Waals surface area contributed by atoms with E-state index in [0.29, 0.717) is 51.1 Å². The second-order valence-electron chi connectivity index (χ2n) is 9.86. The van der Waals surface area contributed by atoms with Gasteiger partial charge in [-0.15, -0.1) is 10.2 Å². The molecule has 3 N–H and O–H groups in total. The molecule has 0 fully saturated rings. The first-order chi connectivity index (χ1) is 20.2. The van der Waals surface area contributed by atoms with Gasteiger partial charge in [0.2, 0.25) is 11.0 Å². The maximum Gasteiger partial charge on any atom is 0.337 e. The minimum atomic E-state index is -0.670. The molecule has 3 aromatic rings. The molecule has 1 unspecified atom stereocenters. The number of nitrogens with two attached hydrogens (primary N) is 1. The lowest BCUT2D eigenvalue weighted by Crippen LogP contribution is -2.38. The third kappa shape index (κ3) is 5.53. The predicted octanol–water partition coefficient (Wildman–Crippen LogP) is 4.98. The monoisotopic (exact) mass is 600 g/mol. The van der Waals surface area contributed by atoms with Gasteiger partial charge in [0.1, 0.15) is 5.82 Å². The van der Waals surface area contributed by atoms with E-state index in [1.54, 1.807) is 29.2 Å². The van der Waals surface area contributed by atoms with Crippen LogP contribution in [0.3, 0.4) is 0 Å². The fourth-order valence-electron chi connectivity index (χ4n) is 5.12. The van der Waals surface area contributed by atoms with Gasteiger partial charge in [-0.2, -0.15) is 5.26 Å². The van der Waals surface area contributed by atoms with Gasteiger partial charge < -0.3 is 15.8 Å². The summed E-state index contributed by atoms with van der Waals surface area (Å²) in [7, 11) is 1.31. The molecule has 42 heavy (non-hydrogen) atoms. The summed E-state index contributed by atoms with van der Waals surface area (Å²) in [5.41, 5.74) is 11.9. The van der Waals surface area contributed by atoms with Crippen LogP contribution in [0.15, 0.2) is 69.5 Å². The highest BCUT2D eigenvalue weighted by Gasteiger charge is 2.41. The van der Waals surface area contributed by atoms with Crippen molar-refractivity contribution >= 4 is 51.6 Å². The minimum Gasteiger partial charge on any atom is -0.465 e. The maximum atomic E-state index is 13.3. The number of nitriles is 1. The number of benzene rings is 2. The van der Waals surface area contributed by atoms with Crippen LogP contribution >= 0.6 is 23.1 Å². The maximum absolute atomic E-state index is 13.3. The molecule has 1 aliphatic heterocycles. The highest BCUT2D eigenvalue weighted by molar-refractivity contribution is 8.01. The number of thioether (sulfide) groups is 1. The number of amides is 1. The quantitative estimate of drug-likeness (QED) is 0.281. The second kappa shape index (κ2) is 12.2. The Morgan fingerprint density at radius 3 is 2.67 bits per heavy atom. The Balaban J connectivity index is 1.42. The summed E-state index contributed by atoms with van der Waals surface area (Å²) < 4.78 is 5.34. The molecule has 12 heteroatoms. The van der Waals surface area contributed by atoms with Crippen molar-refractivity contribution in [3.8, 4) is 6.07 Å². The van der Waals surface area contributed by atoms with Gasteiger partial charge in [-0.25, -0.2) is 4.79 Å². The first-order valence-electron chi connectivity index (χ1n) is 13.2. The molecule has 1 aromatic heterocycles. The minimum absolute atomic E-state index is 0.0641. The van der Waals surface area contributed by atoms with Crippen molar-refractivity contribution < 1.29 is 19.1 Å². The predicted molar refractivity (Wildman–Crippen MR) is 161 cm³/mol. The number of nitrogens with zero attached hydrogens (tertiary/aromatic N) is 4. The Morgan fingerprint density at radius 1 is 1.19 bits per heavy atom. The van der Waals surface area contributed by atoms with Gasteiger partial charge in [0.15, 0.2) is 10.1 Å². The Hall–Kier alpha value is -4.47. The number of methoxy groups -OCH3 is 1. The smallest absolute Gasteiger partial charge is 0.337 e. The second-order valence-corrected chi connectivity index (χ2v) is 12.0. The van der Waals surface area contributed by atoms with Crippen LogP contribution in [-0.4, -0.2) is 40.7 Å². The number of aryl methyl sites for hydroxylation is 1. The highest BCUT2D eigenvalue weighted by atomic mass is 32.2. The van der Waals surface area contributed by atoms with E-state index in [0.717, 1.165) is 16.8 Å². The molecule has 2 aromatic carbocycles. The largest absolute Gasteiger partial charge is 0.465 e. The van der Waals surface area contributed by atoms with E-state index in [-0.39, 0.29) is 28.8 Å². The molecular weight excluding hydrogens is 573 g/mol. The first-order valence-corrected chi connectivity index (χ1v) is 15.0. The van der Waals surface area contributed by atoms with Crippen LogP contribution in [0.2, 0.25) is 0 Å². The number of aromatic nitrogens is 2. The van der Waals surface area contributed by atoms with Crippen LogP contribution < -0.4 is 16.0 Å². The molecule has 1 aliphatic carbocycles. The molecule has 1 atom stereocenters. The van der Waals surface area contributed by atoms with E-state index in [4.69, 9.17) is 10.5 Å². The van der Waals surface area contributed by atoms with Crippen LogP contribution in [0.25, 0.3) is 0 Å². The Morgan fingerprint density at radius 2 is 1.95 bits per heavy atom. The fraction of sp³-hybridized carbons (Fsp3) is 0.267. The summed E-state index contributed by atoms with van der Waals surface area (Å²) in [6.07, 6.45) is 1.56. The average molecular weight is 601 g/mol. The molecule has 0 saturated heterocycles. The third-order valence-electron chi connectivity index (χ3n) is 7.37. The molecule has 2 heterocycles. The van der Waals surface area contributed by atoms with Gasteiger partial charge in [0.05, 0.1) is 36.0 Å². The molecule has 0 bridgehead atoms. The van der Waals surface area contributed by atoms with Crippen molar-refractivity contribution in [1.82, 2.24) is 10.2 Å². The van der Waals surface area contributed by atoms with E-state index >= 15 is 0 Å². The molecule has 214 valence electrons. The van der Waals surface area contributed by atoms with Crippen LogP contribution in [0, 0.1) is 25.2 Å². The van der Waals surface area contributed by atoms with Gasteiger partial charge in [0, 0.05) is 23.4 Å². The zero-order valence-corrected chi connectivity index (χ0v) is 24.9. The number of carbonyl (C=O) groups is 3. The number of hydrogen-bond acceptors (Lipinski definition) is 11.